The summed E-state index contributed by atoms with van der Waals surface area (Å²) in [7, 11) is 0. The maximum Gasteiger partial charge on any atom is 0.129 e. The summed E-state index contributed by atoms with van der Waals surface area (Å²) in [6.45, 7) is 7.75. The van der Waals surface area contributed by atoms with Gasteiger partial charge < -0.3 is 5.32 Å². The largest absolute Gasteiger partial charge is 0.370 e. The molecule has 0 saturated heterocycles. The number of nitrogens with one attached hydrogen (secondary N) is 1. The van der Waals surface area contributed by atoms with E-state index in [9.17, 15) is 0 Å². The van der Waals surface area contributed by atoms with Crippen molar-refractivity contribution < 1.29 is 0 Å². The van der Waals surface area contributed by atoms with Crippen molar-refractivity contribution in [3.05, 3.63) is 18.1 Å². The molecule has 1 fully saturated rings. The quantitative estimate of drug-likeness (QED) is 0.878. The molecule has 1 N–H and O–H groups in total. The van der Waals surface area contributed by atoms with Gasteiger partial charge in [-0.05, 0) is 30.6 Å². The molecule has 0 aliphatic heterocycles. The van der Waals surface area contributed by atoms with Crippen molar-refractivity contribution in [3.63, 3.8) is 0 Å². The summed E-state index contributed by atoms with van der Waals surface area (Å²) in [4.78, 5) is 8.60. The molecular weight excluding hydrogens is 222 g/mol. The molecule has 3 heteroatoms. The molecule has 0 amide bonds. The molecule has 2 atom stereocenters. The van der Waals surface area contributed by atoms with E-state index in [-0.39, 0.29) is 0 Å². The third kappa shape index (κ3) is 3.69. The van der Waals surface area contributed by atoms with Crippen molar-refractivity contribution in [1.82, 2.24) is 9.97 Å². The summed E-state index contributed by atoms with van der Waals surface area (Å²) in [6.07, 6.45) is 7.17. The number of anilines is 1. The lowest BCUT2D eigenvalue weighted by molar-refractivity contribution is 0.293. The van der Waals surface area contributed by atoms with Gasteiger partial charge in [-0.2, -0.15) is 0 Å². The highest BCUT2D eigenvalue weighted by molar-refractivity contribution is 5.35. The SMILES string of the molecule is CC1CCCC(CNc2cc(C(C)C)ncn2)C1. The number of nitrogens with zero attached hydrogens (tertiary/aromatic N) is 2. The zero-order valence-electron chi connectivity index (χ0n) is 11.8. The fraction of sp³-hybridized carbons (Fsp3) is 0.733. The third-order valence-corrected chi connectivity index (χ3v) is 3.90. The maximum atomic E-state index is 4.30. The maximum absolute atomic E-state index is 4.30. The first-order valence-electron chi connectivity index (χ1n) is 7.21. The standard InChI is InChI=1S/C15H25N3/c1-11(2)14-8-15(18-10-17-14)16-9-13-6-4-5-12(3)7-13/h8,10-13H,4-7,9H2,1-3H3,(H,16,17,18). The van der Waals surface area contributed by atoms with E-state index < -0.39 is 0 Å². The number of rotatable bonds is 4. The van der Waals surface area contributed by atoms with Crippen LogP contribution in [0.3, 0.4) is 0 Å². The minimum absolute atomic E-state index is 0.461. The van der Waals surface area contributed by atoms with Crippen LogP contribution in [0.2, 0.25) is 0 Å². The molecule has 0 radical (unpaired) electrons. The second-order valence-electron chi connectivity index (χ2n) is 6.00. The molecule has 1 aromatic rings. The van der Waals surface area contributed by atoms with Crippen LogP contribution in [0.5, 0.6) is 0 Å². The molecule has 1 aliphatic rings. The van der Waals surface area contributed by atoms with Crippen LogP contribution in [0, 0.1) is 11.8 Å². The Morgan fingerprint density at radius 3 is 2.89 bits per heavy atom. The van der Waals surface area contributed by atoms with E-state index in [0.717, 1.165) is 29.9 Å². The van der Waals surface area contributed by atoms with Gasteiger partial charge in [0.1, 0.15) is 12.1 Å². The minimum atomic E-state index is 0.461. The monoisotopic (exact) mass is 247 g/mol. The topological polar surface area (TPSA) is 37.8 Å². The highest BCUT2D eigenvalue weighted by Crippen LogP contribution is 2.28. The lowest BCUT2D eigenvalue weighted by Gasteiger charge is -2.26. The summed E-state index contributed by atoms with van der Waals surface area (Å²) in [6, 6.07) is 2.08. The molecule has 1 heterocycles. The number of hydrogen-bond donors (Lipinski definition) is 1. The van der Waals surface area contributed by atoms with E-state index in [0.29, 0.717) is 5.92 Å². The van der Waals surface area contributed by atoms with Gasteiger partial charge in [-0.15, -0.1) is 0 Å². The molecule has 2 unspecified atom stereocenters. The summed E-state index contributed by atoms with van der Waals surface area (Å²) in [5.41, 5.74) is 1.12. The Hall–Kier alpha value is -1.12. The fourth-order valence-electron chi connectivity index (χ4n) is 2.78. The lowest BCUT2D eigenvalue weighted by Crippen LogP contribution is -2.21. The summed E-state index contributed by atoms with van der Waals surface area (Å²) in [5.74, 6) is 3.14. The Morgan fingerprint density at radius 2 is 2.17 bits per heavy atom. The van der Waals surface area contributed by atoms with Gasteiger partial charge in [-0.1, -0.05) is 33.6 Å². The number of hydrogen-bond acceptors (Lipinski definition) is 3. The van der Waals surface area contributed by atoms with E-state index in [2.05, 4.69) is 42.1 Å². The summed E-state index contributed by atoms with van der Waals surface area (Å²) in [5, 5.41) is 3.48. The van der Waals surface area contributed by atoms with Gasteiger partial charge in [0.25, 0.3) is 0 Å². The molecule has 18 heavy (non-hydrogen) atoms. The van der Waals surface area contributed by atoms with Gasteiger partial charge in [-0.3, -0.25) is 0 Å². The van der Waals surface area contributed by atoms with Gasteiger partial charge in [0.2, 0.25) is 0 Å². The Balaban J connectivity index is 1.87. The van der Waals surface area contributed by atoms with E-state index in [1.54, 1.807) is 6.33 Å². The zero-order chi connectivity index (χ0) is 13.0. The van der Waals surface area contributed by atoms with Crippen molar-refractivity contribution in [2.45, 2.75) is 52.4 Å². The normalized spacial score (nSPS) is 24.2. The van der Waals surface area contributed by atoms with Crippen LogP contribution in [-0.2, 0) is 0 Å². The van der Waals surface area contributed by atoms with Crippen LogP contribution in [0.1, 0.15) is 58.1 Å². The first-order valence-corrected chi connectivity index (χ1v) is 7.21. The van der Waals surface area contributed by atoms with Crippen LogP contribution in [0.25, 0.3) is 0 Å². The molecule has 0 aromatic carbocycles. The van der Waals surface area contributed by atoms with Crippen LogP contribution < -0.4 is 5.32 Å². The average Bonchev–Trinajstić information content (AvgIpc) is 2.37. The first-order chi connectivity index (χ1) is 8.65. The molecule has 0 spiro atoms. The lowest BCUT2D eigenvalue weighted by atomic mass is 9.82. The van der Waals surface area contributed by atoms with Crippen LogP contribution >= 0.6 is 0 Å². The van der Waals surface area contributed by atoms with Gasteiger partial charge in [0, 0.05) is 18.3 Å². The van der Waals surface area contributed by atoms with Crippen LogP contribution in [0.4, 0.5) is 5.82 Å². The van der Waals surface area contributed by atoms with Gasteiger partial charge in [-0.25, -0.2) is 9.97 Å². The minimum Gasteiger partial charge on any atom is -0.370 e. The summed E-state index contributed by atoms with van der Waals surface area (Å²) < 4.78 is 0. The molecule has 0 bridgehead atoms. The smallest absolute Gasteiger partial charge is 0.129 e. The summed E-state index contributed by atoms with van der Waals surface area (Å²) >= 11 is 0. The second-order valence-corrected chi connectivity index (χ2v) is 6.00. The van der Waals surface area contributed by atoms with E-state index in [4.69, 9.17) is 0 Å². The Labute approximate surface area is 110 Å². The van der Waals surface area contributed by atoms with Crippen LogP contribution in [0.15, 0.2) is 12.4 Å². The first kappa shape index (κ1) is 13.3. The van der Waals surface area contributed by atoms with Gasteiger partial charge in [0.05, 0.1) is 0 Å². The fourth-order valence-corrected chi connectivity index (χ4v) is 2.78. The van der Waals surface area contributed by atoms with Crippen molar-refractivity contribution in [3.8, 4) is 0 Å². The average molecular weight is 247 g/mol. The molecule has 3 nitrogen and oxygen atoms in total. The highest BCUT2D eigenvalue weighted by atomic mass is 15.0. The molecule has 100 valence electrons. The van der Waals surface area contributed by atoms with Crippen molar-refractivity contribution in [2.24, 2.45) is 11.8 Å². The highest BCUT2D eigenvalue weighted by Gasteiger charge is 2.18. The van der Waals surface area contributed by atoms with Crippen LogP contribution in [-0.4, -0.2) is 16.5 Å². The molecule has 1 aliphatic carbocycles. The Bertz CT molecular complexity index is 376. The van der Waals surface area contributed by atoms with E-state index in [1.807, 2.05) is 0 Å². The number of aromatic nitrogens is 2. The molecular formula is C15H25N3. The second kappa shape index (κ2) is 6.17. The van der Waals surface area contributed by atoms with Crippen molar-refractivity contribution in [2.75, 3.05) is 11.9 Å². The predicted octanol–water partition coefficient (Wildman–Crippen LogP) is 3.84. The molecule has 2 rings (SSSR count). The van der Waals surface area contributed by atoms with Crippen molar-refractivity contribution >= 4 is 5.82 Å². The molecule has 1 saturated carbocycles. The Kier molecular flexibility index (Phi) is 4.56. The predicted molar refractivity (Wildman–Crippen MR) is 75.7 cm³/mol. The van der Waals surface area contributed by atoms with Gasteiger partial charge in [0.15, 0.2) is 0 Å². The third-order valence-electron chi connectivity index (χ3n) is 3.90. The Morgan fingerprint density at radius 1 is 1.33 bits per heavy atom. The van der Waals surface area contributed by atoms with Gasteiger partial charge >= 0.3 is 0 Å². The van der Waals surface area contributed by atoms with E-state index in [1.165, 1.54) is 25.7 Å². The van der Waals surface area contributed by atoms with E-state index >= 15 is 0 Å². The van der Waals surface area contributed by atoms with Crippen molar-refractivity contribution in [1.29, 1.82) is 0 Å². The molecule has 1 aromatic heterocycles. The zero-order valence-corrected chi connectivity index (χ0v) is 11.8.